The summed E-state index contributed by atoms with van der Waals surface area (Å²) < 4.78 is 14.5. The summed E-state index contributed by atoms with van der Waals surface area (Å²) in [6.07, 6.45) is -0.438. The van der Waals surface area contributed by atoms with Crippen molar-refractivity contribution in [2.24, 2.45) is 0 Å². The van der Waals surface area contributed by atoms with Crippen molar-refractivity contribution in [1.29, 1.82) is 0 Å². The van der Waals surface area contributed by atoms with E-state index in [9.17, 15) is 9.59 Å². The van der Waals surface area contributed by atoms with Gasteiger partial charge in [-0.25, -0.2) is 9.59 Å². The summed E-state index contributed by atoms with van der Waals surface area (Å²) in [5.41, 5.74) is 0. The topological polar surface area (TPSA) is 65.1 Å². The van der Waals surface area contributed by atoms with Gasteiger partial charge >= 0.3 is 12.1 Å². The minimum Gasteiger partial charge on any atom is -0.456 e. The summed E-state index contributed by atoms with van der Waals surface area (Å²) in [5, 5.41) is 0. The molecule has 0 unspecified atom stereocenters. The fourth-order valence-corrected chi connectivity index (χ4v) is 1.21. The van der Waals surface area contributed by atoms with E-state index < -0.39 is 12.1 Å². The first-order valence-electron chi connectivity index (χ1n) is 5.39. The molecular formula is C11H15NO5. The number of esters is 1. The minimum atomic E-state index is -0.616. The molecule has 94 valence electrons. The molecule has 1 amide bonds. The van der Waals surface area contributed by atoms with Crippen LogP contribution in [-0.2, 0) is 19.0 Å². The van der Waals surface area contributed by atoms with Crippen molar-refractivity contribution >= 4 is 12.1 Å². The molecule has 0 aromatic carbocycles. The van der Waals surface area contributed by atoms with Crippen molar-refractivity contribution in [3.63, 3.8) is 0 Å². The molecule has 17 heavy (non-hydrogen) atoms. The fourth-order valence-electron chi connectivity index (χ4n) is 1.21. The van der Waals surface area contributed by atoms with Crippen molar-refractivity contribution in [2.45, 2.75) is 6.92 Å². The van der Waals surface area contributed by atoms with Crippen LogP contribution >= 0.6 is 0 Å². The van der Waals surface area contributed by atoms with Crippen LogP contribution in [0.15, 0.2) is 0 Å². The van der Waals surface area contributed by atoms with Crippen LogP contribution in [0.3, 0.4) is 0 Å². The number of hydrogen-bond donors (Lipinski definition) is 0. The van der Waals surface area contributed by atoms with E-state index in [1.54, 1.807) is 6.92 Å². The largest absolute Gasteiger partial charge is 0.456 e. The molecule has 0 aliphatic carbocycles. The van der Waals surface area contributed by atoms with E-state index in [2.05, 4.69) is 16.6 Å². The lowest BCUT2D eigenvalue weighted by atomic mass is 10.5. The molecule has 1 heterocycles. The van der Waals surface area contributed by atoms with Crippen molar-refractivity contribution < 1.29 is 23.8 Å². The van der Waals surface area contributed by atoms with Gasteiger partial charge in [0.2, 0.25) is 0 Å². The first kappa shape index (κ1) is 13.3. The summed E-state index contributed by atoms with van der Waals surface area (Å²) in [6.45, 7) is 3.93. The second-order valence-corrected chi connectivity index (χ2v) is 3.18. The predicted molar refractivity (Wildman–Crippen MR) is 58.1 cm³/mol. The van der Waals surface area contributed by atoms with Crippen LogP contribution in [0.1, 0.15) is 6.92 Å². The lowest BCUT2D eigenvalue weighted by Crippen LogP contribution is -2.41. The third-order valence-electron chi connectivity index (χ3n) is 2.00. The van der Waals surface area contributed by atoms with Gasteiger partial charge in [0.15, 0.2) is 6.61 Å². The molecule has 1 aliphatic rings. The Morgan fingerprint density at radius 3 is 2.65 bits per heavy atom. The summed E-state index contributed by atoms with van der Waals surface area (Å²) >= 11 is 0. The molecule has 1 aliphatic heterocycles. The van der Waals surface area contributed by atoms with Crippen LogP contribution in [0.2, 0.25) is 0 Å². The Labute approximate surface area is 99.8 Å². The van der Waals surface area contributed by atoms with E-state index in [4.69, 9.17) is 9.47 Å². The van der Waals surface area contributed by atoms with E-state index in [1.807, 2.05) is 0 Å². The Morgan fingerprint density at radius 2 is 2.00 bits per heavy atom. The van der Waals surface area contributed by atoms with Crippen LogP contribution in [0.25, 0.3) is 0 Å². The number of rotatable bonds is 2. The van der Waals surface area contributed by atoms with Gasteiger partial charge < -0.3 is 19.1 Å². The molecule has 1 saturated heterocycles. The Kier molecular flexibility index (Phi) is 5.89. The van der Waals surface area contributed by atoms with Crippen LogP contribution in [-0.4, -0.2) is 56.5 Å². The van der Waals surface area contributed by atoms with E-state index in [0.29, 0.717) is 26.3 Å². The molecule has 0 N–H and O–H groups in total. The molecule has 1 rings (SSSR count). The van der Waals surface area contributed by atoms with Gasteiger partial charge in [-0.15, -0.1) is 0 Å². The highest BCUT2D eigenvalue weighted by Gasteiger charge is 2.17. The van der Waals surface area contributed by atoms with Gasteiger partial charge in [0.25, 0.3) is 0 Å². The molecule has 6 heteroatoms. The fraction of sp³-hybridized carbons (Fsp3) is 0.636. The predicted octanol–water partition coefficient (Wildman–Crippen LogP) is 0.0217. The molecule has 1 fully saturated rings. The Morgan fingerprint density at radius 1 is 1.29 bits per heavy atom. The third-order valence-corrected chi connectivity index (χ3v) is 2.00. The average Bonchev–Trinajstić information content (AvgIpc) is 2.36. The van der Waals surface area contributed by atoms with E-state index >= 15 is 0 Å². The van der Waals surface area contributed by atoms with Crippen LogP contribution in [0.5, 0.6) is 0 Å². The molecule has 0 aromatic heterocycles. The standard InChI is InChI=1S/C11H15NO5/c1-2-16-10(13)4-3-7-17-11(14)12-5-8-15-9-6-12/h2,5-9H2,1H3. The van der Waals surface area contributed by atoms with Crippen molar-refractivity contribution in [1.82, 2.24) is 4.90 Å². The van der Waals surface area contributed by atoms with Gasteiger partial charge in [0.1, 0.15) is 0 Å². The normalized spacial score (nSPS) is 14.5. The summed E-state index contributed by atoms with van der Waals surface area (Å²) in [5.74, 6) is 4.01. The maximum Gasteiger partial charge on any atom is 0.410 e. The number of nitrogens with zero attached hydrogens (tertiary/aromatic N) is 1. The van der Waals surface area contributed by atoms with Gasteiger partial charge in [-0.2, -0.15) is 0 Å². The highest BCUT2D eigenvalue weighted by Crippen LogP contribution is 1.99. The quantitative estimate of drug-likeness (QED) is 0.387. The smallest absolute Gasteiger partial charge is 0.410 e. The maximum atomic E-state index is 11.4. The number of morpholine rings is 1. The molecule has 0 atom stereocenters. The molecular weight excluding hydrogens is 226 g/mol. The summed E-state index contributed by atoms with van der Waals surface area (Å²) in [4.78, 5) is 23.8. The molecule has 0 radical (unpaired) electrons. The van der Waals surface area contributed by atoms with E-state index in [-0.39, 0.29) is 13.2 Å². The monoisotopic (exact) mass is 241 g/mol. The SMILES string of the molecule is CCOC(=O)C#CCOC(=O)N1CCOCC1. The zero-order valence-electron chi connectivity index (χ0n) is 9.73. The van der Waals surface area contributed by atoms with E-state index in [1.165, 1.54) is 4.90 Å². The average molecular weight is 241 g/mol. The summed E-state index contributed by atoms with van der Waals surface area (Å²) in [6, 6.07) is 0. The van der Waals surface area contributed by atoms with Gasteiger partial charge in [-0.1, -0.05) is 0 Å². The Balaban J connectivity index is 2.21. The lowest BCUT2D eigenvalue weighted by Gasteiger charge is -2.25. The number of ether oxygens (including phenoxy) is 3. The maximum absolute atomic E-state index is 11.4. The first-order valence-corrected chi connectivity index (χ1v) is 5.39. The van der Waals surface area contributed by atoms with Crippen molar-refractivity contribution in [2.75, 3.05) is 39.5 Å². The number of hydrogen-bond acceptors (Lipinski definition) is 5. The van der Waals surface area contributed by atoms with Crippen LogP contribution < -0.4 is 0 Å². The van der Waals surface area contributed by atoms with E-state index in [0.717, 1.165) is 0 Å². The zero-order chi connectivity index (χ0) is 12.5. The first-order chi connectivity index (χ1) is 8.24. The van der Waals surface area contributed by atoms with Gasteiger partial charge in [0, 0.05) is 19.0 Å². The second-order valence-electron chi connectivity index (χ2n) is 3.18. The number of carbonyl (C=O) groups is 2. The van der Waals surface area contributed by atoms with Gasteiger partial charge in [0.05, 0.1) is 19.8 Å². The highest BCUT2D eigenvalue weighted by molar-refractivity contribution is 5.88. The summed E-state index contributed by atoms with van der Waals surface area (Å²) in [7, 11) is 0. The number of amides is 1. The molecule has 0 bridgehead atoms. The Hall–Kier alpha value is -1.74. The number of carbonyl (C=O) groups excluding carboxylic acids is 2. The van der Waals surface area contributed by atoms with Crippen molar-refractivity contribution in [3.8, 4) is 11.8 Å². The van der Waals surface area contributed by atoms with Crippen molar-refractivity contribution in [3.05, 3.63) is 0 Å². The lowest BCUT2D eigenvalue weighted by molar-refractivity contribution is -0.136. The molecule has 0 spiro atoms. The molecule has 0 saturated carbocycles. The van der Waals surface area contributed by atoms with Crippen LogP contribution in [0, 0.1) is 11.8 Å². The minimum absolute atomic E-state index is 0.116. The van der Waals surface area contributed by atoms with Crippen LogP contribution in [0.4, 0.5) is 4.79 Å². The third kappa shape index (κ3) is 5.22. The van der Waals surface area contributed by atoms with Gasteiger partial charge in [-0.3, -0.25) is 0 Å². The molecule has 0 aromatic rings. The zero-order valence-corrected chi connectivity index (χ0v) is 9.73. The molecule has 6 nitrogen and oxygen atoms in total. The Bertz CT molecular complexity index is 324. The highest BCUT2D eigenvalue weighted by atomic mass is 16.6. The second kappa shape index (κ2) is 7.52. The van der Waals surface area contributed by atoms with Gasteiger partial charge in [-0.05, 0) is 12.8 Å².